The quantitative estimate of drug-likeness (QED) is 0.710. The zero-order chi connectivity index (χ0) is 9.52. The largest absolute Gasteiger partial charge is 0.309 e. The summed E-state index contributed by atoms with van der Waals surface area (Å²) in [6.07, 6.45) is 5.82. The molecule has 1 unspecified atom stereocenters. The Balaban J connectivity index is 2.51. The van der Waals surface area contributed by atoms with E-state index in [1.54, 1.807) is 0 Å². The molecule has 0 aliphatic carbocycles. The lowest BCUT2D eigenvalue weighted by Crippen LogP contribution is -2.20. The van der Waals surface area contributed by atoms with Gasteiger partial charge in [-0.1, -0.05) is 17.5 Å². The molecule has 0 saturated heterocycles. The molecule has 0 bridgehead atoms. The Hall–Kier alpha value is -0.740. The number of nitrogens with one attached hydrogen (secondary N) is 1. The smallest absolute Gasteiger partial charge is 0.0669 e. The van der Waals surface area contributed by atoms with Crippen LogP contribution in [0.1, 0.15) is 30.7 Å². The number of aromatic nitrogens is 2. The summed E-state index contributed by atoms with van der Waals surface area (Å²) in [5, 5.41) is 7.26. The number of hydrogen-bond acceptors (Lipinski definition) is 4. The standard InChI is InChI=1S/C9H15N3S/c1-3-5-8(10-6-4-2)9-7-11-12-13-9/h3,7-8,10H,1,4-6H2,2H3. The van der Waals surface area contributed by atoms with Crippen molar-refractivity contribution in [1.29, 1.82) is 0 Å². The lowest BCUT2D eigenvalue weighted by Gasteiger charge is -2.13. The van der Waals surface area contributed by atoms with E-state index in [1.165, 1.54) is 16.4 Å². The van der Waals surface area contributed by atoms with Crippen molar-refractivity contribution in [3.05, 3.63) is 23.7 Å². The van der Waals surface area contributed by atoms with E-state index in [2.05, 4.69) is 28.4 Å². The van der Waals surface area contributed by atoms with E-state index >= 15 is 0 Å². The fourth-order valence-corrected chi connectivity index (χ4v) is 1.70. The van der Waals surface area contributed by atoms with Crippen molar-refractivity contribution in [2.45, 2.75) is 25.8 Å². The van der Waals surface area contributed by atoms with Gasteiger partial charge in [-0.05, 0) is 30.9 Å². The van der Waals surface area contributed by atoms with Crippen LogP contribution in [0.25, 0.3) is 0 Å². The predicted molar refractivity (Wildman–Crippen MR) is 55.8 cm³/mol. The van der Waals surface area contributed by atoms with Crippen molar-refractivity contribution in [3.8, 4) is 0 Å². The molecule has 0 aliphatic rings. The fraction of sp³-hybridized carbons (Fsp3) is 0.556. The highest BCUT2D eigenvalue weighted by atomic mass is 32.1. The van der Waals surface area contributed by atoms with Crippen LogP contribution < -0.4 is 5.32 Å². The third-order valence-electron chi connectivity index (χ3n) is 1.76. The molecule has 0 amide bonds. The number of hydrogen-bond donors (Lipinski definition) is 1. The van der Waals surface area contributed by atoms with Gasteiger partial charge >= 0.3 is 0 Å². The zero-order valence-electron chi connectivity index (χ0n) is 7.86. The second kappa shape index (κ2) is 5.83. The van der Waals surface area contributed by atoms with Crippen LogP contribution in [0.4, 0.5) is 0 Å². The van der Waals surface area contributed by atoms with Crippen molar-refractivity contribution in [3.63, 3.8) is 0 Å². The normalized spacial score (nSPS) is 12.7. The predicted octanol–water partition coefficient (Wildman–Crippen LogP) is 2.15. The van der Waals surface area contributed by atoms with Crippen LogP contribution in [0.5, 0.6) is 0 Å². The van der Waals surface area contributed by atoms with Gasteiger partial charge in [-0.2, -0.15) is 0 Å². The molecule has 0 saturated carbocycles. The third-order valence-corrected chi connectivity index (χ3v) is 2.54. The van der Waals surface area contributed by atoms with Crippen molar-refractivity contribution < 1.29 is 0 Å². The number of rotatable bonds is 6. The molecular formula is C9H15N3S. The van der Waals surface area contributed by atoms with Crippen LogP contribution >= 0.6 is 11.5 Å². The topological polar surface area (TPSA) is 37.8 Å². The number of nitrogens with zero attached hydrogens (tertiary/aromatic N) is 2. The van der Waals surface area contributed by atoms with Gasteiger partial charge in [0.15, 0.2) is 0 Å². The van der Waals surface area contributed by atoms with E-state index in [0.717, 1.165) is 19.4 Å². The first-order valence-corrected chi connectivity index (χ1v) is 5.27. The van der Waals surface area contributed by atoms with Gasteiger partial charge in [-0.3, -0.25) is 0 Å². The molecule has 0 spiro atoms. The molecule has 1 heterocycles. The summed E-state index contributed by atoms with van der Waals surface area (Å²) >= 11 is 1.45. The lowest BCUT2D eigenvalue weighted by atomic mass is 10.2. The summed E-state index contributed by atoms with van der Waals surface area (Å²) in [6, 6.07) is 0.345. The molecular weight excluding hydrogens is 182 g/mol. The molecule has 0 aromatic carbocycles. The Bertz CT molecular complexity index is 233. The summed E-state index contributed by atoms with van der Waals surface area (Å²) in [5.41, 5.74) is 0. The van der Waals surface area contributed by atoms with Crippen molar-refractivity contribution >= 4 is 11.5 Å². The second-order valence-corrected chi connectivity index (χ2v) is 3.67. The maximum Gasteiger partial charge on any atom is 0.0669 e. The minimum atomic E-state index is 0.345. The molecule has 0 radical (unpaired) electrons. The van der Waals surface area contributed by atoms with Gasteiger partial charge in [0.25, 0.3) is 0 Å². The maximum atomic E-state index is 3.85. The van der Waals surface area contributed by atoms with Gasteiger partial charge in [-0.25, -0.2) is 0 Å². The first kappa shape index (κ1) is 10.3. The molecule has 72 valence electrons. The van der Waals surface area contributed by atoms with Gasteiger partial charge in [-0.15, -0.1) is 11.7 Å². The van der Waals surface area contributed by atoms with Gasteiger partial charge in [0.1, 0.15) is 0 Å². The molecule has 1 aromatic heterocycles. The summed E-state index contributed by atoms with van der Waals surface area (Å²) in [5.74, 6) is 0. The fourth-order valence-electron chi connectivity index (χ4n) is 1.11. The van der Waals surface area contributed by atoms with Gasteiger partial charge in [0.05, 0.1) is 11.1 Å². The molecule has 1 aromatic rings. The zero-order valence-corrected chi connectivity index (χ0v) is 8.68. The Labute approximate surface area is 83.0 Å². The summed E-state index contributed by atoms with van der Waals surface area (Å²) in [6.45, 7) is 6.92. The first-order chi connectivity index (χ1) is 6.38. The molecule has 1 rings (SSSR count). The van der Waals surface area contributed by atoms with E-state index in [9.17, 15) is 0 Å². The van der Waals surface area contributed by atoms with Crippen LogP contribution in [0, 0.1) is 0 Å². The molecule has 1 atom stereocenters. The Morgan fingerprint density at radius 1 is 1.77 bits per heavy atom. The second-order valence-electron chi connectivity index (χ2n) is 2.85. The highest BCUT2D eigenvalue weighted by molar-refractivity contribution is 7.05. The monoisotopic (exact) mass is 197 g/mol. The van der Waals surface area contributed by atoms with Gasteiger partial charge in [0.2, 0.25) is 0 Å². The third kappa shape index (κ3) is 3.24. The van der Waals surface area contributed by atoms with Crippen molar-refractivity contribution in [2.75, 3.05) is 6.54 Å². The summed E-state index contributed by atoms with van der Waals surface area (Å²) in [4.78, 5) is 1.19. The van der Waals surface area contributed by atoms with Crippen LogP contribution in [0.3, 0.4) is 0 Å². The van der Waals surface area contributed by atoms with Crippen molar-refractivity contribution in [1.82, 2.24) is 14.9 Å². The Kier molecular flexibility index (Phi) is 4.64. The molecule has 3 nitrogen and oxygen atoms in total. The summed E-state index contributed by atoms with van der Waals surface area (Å²) < 4.78 is 3.85. The van der Waals surface area contributed by atoms with Crippen LogP contribution in [0.15, 0.2) is 18.9 Å². The Morgan fingerprint density at radius 2 is 2.62 bits per heavy atom. The lowest BCUT2D eigenvalue weighted by molar-refractivity contribution is 0.544. The SMILES string of the molecule is C=CCC(NCCC)c1cnns1. The molecule has 13 heavy (non-hydrogen) atoms. The van der Waals surface area contributed by atoms with E-state index < -0.39 is 0 Å². The van der Waals surface area contributed by atoms with E-state index in [-0.39, 0.29) is 0 Å². The Morgan fingerprint density at radius 3 is 3.15 bits per heavy atom. The van der Waals surface area contributed by atoms with Gasteiger partial charge in [0, 0.05) is 6.04 Å². The van der Waals surface area contributed by atoms with Crippen LogP contribution in [0.2, 0.25) is 0 Å². The average Bonchev–Trinajstić information content (AvgIpc) is 2.65. The van der Waals surface area contributed by atoms with Crippen LogP contribution in [-0.4, -0.2) is 16.1 Å². The first-order valence-electron chi connectivity index (χ1n) is 4.50. The molecule has 1 N–H and O–H groups in total. The highest BCUT2D eigenvalue weighted by Crippen LogP contribution is 2.18. The van der Waals surface area contributed by atoms with E-state index in [1.807, 2.05) is 12.3 Å². The summed E-state index contributed by atoms with van der Waals surface area (Å²) in [7, 11) is 0. The molecule has 4 heteroatoms. The minimum absolute atomic E-state index is 0.345. The maximum absolute atomic E-state index is 3.85. The minimum Gasteiger partial charge on any atom is -0.309 e. The molecule has 0 fully saturated rings. The van der Waals surface area contributed by atoms with Crippen molar-refractivity contribution in [2.24, 2.45) is 0 Å². The van der Waals surface area contributed by atoms with Gasteiger partial charge < -0.3 is 5.32 Å². The van der Waals surface area contributed by atoms with Crippen LogP contribution in [-0.2, 0) is 0 Å². The van der Waals surface area contributed by atoms with E-state index in [4.69, 9.17) is 0 Å². The molecule has 0 aliphatic heterocycles. The highest BCUT2D eigenvalue weighted by Gasteiger charge is 2.10. The van der Waals surface area contributed by atoms with E-state index in [0.29, 0.717) is 6.04 Å². The average molecular weight is 197 g/mol.